The number of hydrogen-bond donors (Lipinski definition) is 0. The van der Waals surface area contributed by atoms with E-state index in [1.807, 2.05) is 41.8 Å². The summed E-state index contributed by atoms with van der Waals surface area (Å²) in [6, 6.07) is 22.2. The van der Waals surface area contributed by atoms with Gasteiger partial charge in [-0.25, -0.2) is 9.78 Å². The van der Waals surface area contributed by atoms with Crippen LogP contribution in [0, 0.1) is 11.3 Å². The normalized spacial score (nSPS) is 11.4. The second kappa shape index (κ2) is 9.53. The molecule has 0 spiro atoms. The molecule has 0 aliphatic carbocycles. The third kappa shape index (κ3) is 5.24. The fourth-order valence-corrected chi connectivity index (χ4v) is 3.53. The molecule has 0 saturated heterocycles. The predicted molar refractivity (Wildman–Crippen MR) is 121 cm³/mol. The minimum absolute atomic E-state index is 0.424. The Morgan fingerprint density at radius 1 is 1.03 bits per heavy atom. The number of allylic oxidation sites excluding steroid dienone is 1. The van der Waals surface area contributed by atoms with Gasteiger partial charge in [0.25, 0.3) is 0 Å². The van der Waals surface area contributed by atoms with Crippen LogP contribution in [0.25, 0.3) is 29.2 Å². The lowest BCUT2D eigenvalue weighted by molar-refractivity contribution is -0.128. The molecule has 0 bridgehead atoms. The minimum atomic E-state index is -0.460. The van der Waals surface area contributed by atoms with E-state index in [9.17, 15) is 10.1 Å². The van der Waals surface area contributed by atoms with Gasteiger partial charge in [0.2, 0.25) is 0 Å². The van der Waals surface area contributed by atoms with Crippen molar-refractivity contribution in [3.8, 4) is 23.3 Å². The average Bonchev–Trinajstić information content (AvgIpc) is 3.50. The number of carbonyl (C=O) groups excluding carboxylic acids is 1. The van der Waals surface area contributed by atoms with Crippen LogP contribution >= 0.6 is 11.3 Å². The number of thiazole rings is 1. The van der Waals surface area contributed by atoms with Crippen LogP contribution in [0.15, 0.2) is 88.9 Å². The van der Waals surface area contributed by atoms with Gasteiger partial charge in [-0.3, -0.25) is 0 Å². The van der Waals surface area contributed by atoms with Gasteiger partial charge in [0.05, 0.1) is 11.8 Å². The molecule has 4 aromatic rings. The Balaban J connectivity index is 1.43. The number of aromatic nitrogens is 1. The Kier molecular flexibility index (Phi) is 6.17. The summed E-state index contributed by atoms with van der Waals surface area (Å²) >= 11 is 1.38. The topological polar surface area (TPSA) is 76.1 Å². The van der Waals surface area contributed by atoms with E-state index in [0.29, 0.717) is 27.8 Å². The number of rotatable bonds is 6. The van der Waals surface area contributed by atoms with Gasteiger partial charge in [0.15, 0.2) is 5.76 Å². The van der Waals surface area contributed by atoms with Crippen molar-refractivity contribution in [2.45, 2.75) is 0 Å². The van der Waals surface area contributed by atoms with E-state index in [4.69, 9.17) is 9.15 Å². The molecule has 6 heteroatoms. The van der Waals surface area contributed by atoms with E-state index in [1.165, 1.54) is 17.4 Å². The quantitative estimate of drug-likeness (QED) is 0.162. The highest BCUT2D eigenvalue weighted by Crippen LogP contribution is 2.27. The first kappa shape index (κ1) is 20.1. The van der Waals surface area contributed by atoms with Gasteiger partial charge in [-0.05, 0) is 47.5 Å². The fourth-order valence-electron chi connectivity index (χ4n) is 2.75. The van der Waals surface area contributed by atoms with Gasteiger partial charge < -0.3 is 9.15 Å². The largest absolute Gasteiger partial charge is 0.463 e. The Morgan fingerprint density at radius 2 is 1.84 bits per heavy atom. The fraction of sp³-hybridized carbons (Fsp3) is 0. The van der Waals surface area contributed by atoms with Crippen molar-refractivity contribution in [2.24, 2.45) is 0 Å². The highest BCUT2D eigenvalue weighted by molar-refractivity contribution is 7.11. The van der Waals surface area contributed by atoms with E-state index in [0.717, 1.165) is 11.1 Å². The van der Waals surface area contributed by atoms with Gasteiger partial charge in [-0.1, -0.05) is 42.5 Å². The molecule has 0 fully saturated rings. The van der Waals surface area contributed by atoms with Crippen LogP contribution in [0.2, 0.25) is 0 Å². The number of ether oxygens (including phenoxy) is 1. The first-order valence-electron chi connectivity index (χ1n) is 9.38. The van der Waals surface area contributed by atoms with Crippen molar-refractivity contribution in [3.05, 3.63) is 101 Å². The van der Waals surface area contributed by atoms with E-state index in [1.54, 1.807) is 48.7 Å². The van der Waals surface area contributed by atoms with E-state index in [2.05, 4.69) is 11.1 Å². The number of furan rings is 1. The summed E-state index contributed by atoms with van der Waals surface area (Å²) in [5, 5.41) is 12.0. The molecular weight excluding hydrogens is 408 g/mol. The third-order valence-electron chi connectivity index (χ3n) is 4.25. The summed E-state index contributed by atoms with van der Waals surface area (Å²) in [4.78, 5) is 16.5. The van der Waals surface area contributed by atoms with E-state index >= 15 is 0 Å². The van der Waals surface area contributed by atoms with Gasteiger partial charge in [0.1, 0.15) is 22.5 Å². The van der Waals surface area contributed by atoms with Crippen LogP contribution in [-0.4, -0.2) is 11.0 Å². The number of nitriles is 1. The number of nitrogens with zero attached hydrogens (tertiary/aromatic N) is 2. The molecule has 2 aromatic heterocycles. The van der Waals surface area contributed by atoms with E-state index < -0.39 is 5.97 Å². The molecule has 31 heavy (non-hydrogen) atoms. The molecular formula is C25H16N2O3S. The van der Waals surface area contributed by atoms with Crippen LogP contribution in [0.4, 0.5) is 0 Å². The Labute approximate surface area is 183 Å². The summed E-state index contributed by atoms with van der Waals surface area (Å²) in [6.45, 7) is 0. The maximum Gasteiger partial charge on any atom is 0.336 e. The number of hydrogen-bond acceptors (Lipinski definition) is 6. The van der Waals surface area contributed by atoms with Crippen LogP contribution in [0.5, 0.6) is 5.75 Å². The van der Waals surface area contributed by atoms with Crippen molar-refractivity contribution >= 4 is 35.0 Å². The predicted octanol–water partition coefficient (Wildman–Crippen LogP) is 6.09. The molecule has 0 aliphatic rings. The van der Waals surface area contributed by atoms with Gasteiger partial charge in [0, 0.05) is 11.5 Å². The first-order valence-corrected chi connectivity index (χ1v) is 10.3. The number of carbonyl (C=O) groups is 1. The molecule has 0 atom stereocenters. The van der Waals surface area contributed by atoms with E-state index in [-0.39, 0.29) is 0 Å². The van der Waals surface area contributed by atoms with Crippen molar-refractivity contribution in [1.29, 1.82) is 5.26 Å². The van der Waals surface area contributed by atoms with Gasteiger partial charge in [-0.15, -0.1) is 11.3 Å². The summed E-state index contributed by atoms with van der Waals surface area (Å²) in [5.41, 5.74) is 2.85. The van der Waals surface area contributed by atoms with Gasteiger partial charge in [-0.2, -0.15) is 5.26 Å². The monoisotopic (exact) mass is 424 g/mol. The van der Waals surface area contributed by atoms with Gasteiger partial charge >= 0.3 is 5.97 Å². The van der Waals surface area contributed by atoms with Crippen LogP contribution < -0.4 is 4.74 Å². The molecule has 4 rings (SSSR count). The average molecular weight is 424 g/mol. The first-order chi connectivity index (χ1) is 15.2. The Bertz CT molecular complexity index is 1260. The van der Waals surface area contributed by atoms with Crippen molar-refractivity contribution < 1.29 is 13.9 Å². The Hall–Kier alpha value is -4.21. The zero-order chi connectivity index (χ0) is 21.5. The molecule has 0 saturated carbocycles. The molecule has 0 unspecified atom stereocenters. The molecule has 2 aromatic carbocycles. The molecule has 2 heterocycles. The SMILES string of the molecule is N#C/C(=C\c1ccc(OC(=O)/C=C/c2ccccc2)cc1)c1nc(-c2ccco2)cs1. The third-order valence-corrected chi connectivity index (χ3v) is 5.13. The van der Waals surface area contributed by atoms with Crippen molar-refractivity contribution in [3.63, 3.8) is 0 Å². The lowest BCUT2D eigenvalue weighted by Gasteiger charge is -2.02. The number of benzene rings is 2. The highest BCUT2D eigenvalue weighted by Gasteiger charge is 2.11. The number of esters is 1. The van der Waals surface area contributed by atoms with Crippen LogP contribution in [0.1, 0.15) is 16.1 Å². The second-order valence-corrected chi connectivity index (χ2v) is 7.28. The molecule has 150 valence electrons. The Morgan fingerprint density at radius 3 is 2.55 bits per heavy atom. The summed E-state index contributed by atoms with van der Waals surface area (Å²) in [7, 11) is 0. The highest BCUT2D eigenvalue weighted by atomic mass is 32.1. The summed E-state index contributed by atoms with van der Waals surface area (Å²) < 4.78 is 10.7. The molecule has 0 N–H and O–H groups in total. The molecule has 5 nitrogen and oxygen atoms in total. The second-order valence-electron chi connectivity index (χ2n) is 6.42. The molecule has 0 aliphatic heterocycles. The zero-order valence-corrected chi connectivity index (χ0v) is 17.1. The lowest BCUT2D eigenvalue weighted by Crippen LogP contribution is -2.03. The zero-order valence-electron chi connectivity index (χ0n) is 16.3. The minimum Gasteiger partial charge on any atom is -0.463 e. The standard InChI is InChI=1S/C25H16N2O3S/c26-16-20(25-27-22(17-31-25)23-7-4-14-29-23)15-19-8-11-21(12-9-19)30-24(28)13-10-18-5-2-1-3-6-18/h1-15,17H/b13-10+,20-15+. The van der Waals surface area contributed by atoms with Crippen molar-refractivity contribution in [2.75, 3.05) is 0 Å². The van der Waals surface area contributed by atoms with Crippen LogP contribution in [0.3, 0.4) is 0 Å². The maximum absolute atomic E-state index is 12.0. The summed E-state index contributed by atoms with van der Waals surface area (Å²) in [5.74, 6) is 0.623. The van der Waals surface area contributed by atoms with Crippen molar-refractivity contribution in [1.82, 2.24) is 4.98 Å². The smallest absolute Gasteiger partial charge is 0.336 e. The molecule has 0 amide bonds. The van der Waals surface area contributed by atoms with Crippen LogP contribution in [-0.2, 0) is 4.79 Å². The maximum atomic E-state index is 12.0. The summed E-state index contributed by atoms with van der Waals surface area (Å²) in [6.07, 6.45) is 6.41. The lowest BCUT2D eigenvalue weighted by atomic mass is 10.1. The molecule has 0 radical (unpaired) electrons.